The molecule has 8 nitrogen and oxygen atoms in total. The fourth-order valence-electron chi connectivity index (χ4n) is 2.49. The van der Waals surface area contributed by atoms with Crippen LogP contribution in [0, 0.1) is 0 Å². The Morgan fingerprint density at radius 2 is 2.00 bits per heavy atom. The van der Waals surface area contributed by atoms with Crippen LogP contribution in [0.5, 0.6) is 0 Å². The highest BCUT2D eigenvalue weighted by Gasteiger charge is 2.35. The molecule has 0 aromatic carbocycles. The van der Waals surface area contributed by atoms with Gasteiger partial charge >= 0.3 is 6.09 Å². The van der Waals surface area contributed by atoms with Crippen molar-refractivity contribution in [3.05, 3.63) is 11.1 Å². The topological polar surface area (TPSA) is 95.0 Å². The van der Waals surface area contributed by atoms with E-state index < -0.39 is 11.7 Å². The fraction of sp³-hybridized carbons (Fsp3) is 0.667. The van der Waals surface area contributed by atoms with Gasteiger partial charge in [0, 0.05) is 31.6 Å². The number of hydrogen-bond donors (Lipinski definition) is 2. The molecule has 132 valence electrons. The molecule has 2 aliphatic rings. The quantitative estimate of drug-likeness (QED) is 0.829. The number of nitrogens with one attached hydrogen (secondary N) is 1. The van der Waals surface area contributed by atoms with Crippen molar-refractivity contribution in [3.8, 4) is 0 Å². The zero-order valence-electron chi connectivity index (χ0n) is 14.0. The fourth-order valence-corrected chi connectivity index (χ4v) is 3.31. The molecule has 3 heterocycles. The number of ether oxygens (including phenoxy) is 1. The lowest BCUT2D eigenvalue weighted by Crippen LogP contribution is -2.61. The van der Waals surface area contributed by atoms with Gasteiger partial charge in [0.15, 0.2) is 5.13 Å². The number of nitrogens with zero attached hydrogens (tertiary/aromatic N) is 3. The summed E-state index contributed by atoms with van der Waals surface area (Å²) in [4.78, 5) is 31.9. The molecular formula is C15H22N4O4S. The summed E-state index contributed by atoms with van der Waals surface area (Å²) in [6.07, 6.45) is -0.769. The highest BCUT2D eigenvalue weighted by atomic mass is 32.1. The Bertz CT molecular complexity index is 630. The van der Waals surface area contributed by atoms with E-state index in [4.69, 9.17) is 4.74 Å². The number of aliphatic hydroxyl groups is 1. The smallest absolute Gasteiger partial charge is 0.407 e. The van der Waals surface area contributed by atoms with Crippen LogP contribution in [0.2, 0.25) is 0 Å². The van der Waals surface area contributed by atoms with Crippen LogP contribution in [0.15, 0.2) is 5.38 Å². The first kappa shape index (κ1) is 17.0. The first-order valence-corrected chi connectivity index (χ1v) is 8.76. The van der Waals surface area contributed by atoms with Crippen molar-refractivity contribution in [1.29, 1.82) is 0 Å². The SMILES string of the molecule is CC(C)(C)OC(=O)NC1CN(C(=O)c2csc(N3CC(O)C3)n2)C1. The maximum absolute atomic E-state index is 12.4. The van der Waals surface area contributed by atoms with Crippen LogP contribution in [0.1, 0.15) is 31.3 Å². The first-order chi connectivity index (χ1) is 11.2. The van der Waals surface area contributed by atoms with E-state index in [0.29, 0.717) is 31.9 Å². The maximum atomic E-state index is 12.4. The van der Waals surface area contributed by atoms with Crippen molar-refractivity contribution in [2.24, 2.45) is 0 Å². The molecular weight excluding hydrogens is 332 g/mol. The van der Waals surface area contributed by atoms with Gasteiger partial charge in [-0.1, -0.05) is 0 Å². The zero-order chi connectivity index (χ0) is 17.5. The van der Waals surface area contributed by atoms with E-state index in [1.54, 1.807) is 31.1 Å². The molecule has 0 spiro atoms. The van der Waals surface area contributed by atoms with Crippen molar-refractivity contribution in [2.45, 2.75) is 38.5 Å². The highest BCUT2D eigenvalue weighted by Crippen LogP contribution is 2.26. The van der Waals surface area contributed by atoms with Gasteiger partial charge in [-0.25, -0.2) is 9.78 Å². The van der Waals surface area contributed by atoms with E-state index in [1.807, 2.05) is 4.90 Å². The van der Waals surface area contributed by atoms with Crippen molar-refractivity contribution < 1.29 is 19.4 Å². The van der Waals surface area contributed by atoms with Gasteiger partial charge in [-0.3, -0.25) is 4.79 Å². The standard InChI is InChI=1S/C15H22N4O4S/c1-15(2,3)23-14(22)16-9-4-18(5-9)12(21)11-8-24-13(17-11)19-6-10(20)7-19/h8-10,20H,4-7H2,1-3H3,(H,16,22). The third-order valence-electron chi connectivity index (χ3n) is 3.73. The van der Waals surface area contributed by atoms with E-state index >= 15 is 0 Å². The van der Waals surface area contributed by atoms with Crippen LogP contribution >= 0.6 is 11.3 Å². The maximum Gasteiger partial charge on any atom is 0.407 e. The number of rotatable bonds is 3. The first-order valence-electron chi connectivity index (χ1n) is 7.88. The summed E-state index contributed by atoms with van der Waals surface area (Å²) in [5, 5.41) is 14.6. The third kappa shape index (κ3) is 3.78. The van der Waals surface area contributed by atoms with Gasteiger partial charge in [-0.2, -0.15) is 0 Å². The minimum absolute atomic E-state index is 0.0903. The van der Waals surface area contributed by atoms with Crippen molar-refractivity contribution >= 4 is 28.5 Å². The molecule has 1 aromatic heterocycles. The molecule has 24 heavy (non-hydrogen) atoms. The van der Waals surface area contributed by atoms with Crippen LogP contribution < -0.4 is 10.2 Å². The average molecular weight is 354 g/mol. The summed E-state index contributed by atoms with van der Waals surface area (Å²) in [5.41, 5.74) is -0.128. The van der Waals surface area contributed by atoms with Gasteiger partial charge in [0.1, 0.15) is 11.3 Å². The lowest BCUT2D eigenvalue weighted by atomic mass is 10.1. The predicted octanol–water partition coefficient (Wildman–Crippen LogP) is 0.673. The molecule has 0 atom stereocenters. The van der Waals surface area contributed by atoms with Crippen molar-refractivity contribution in [2.75, 3.05) is 31.1 Å². The lowest BCUT2D eigenvalue weighted by molar-refractivity contribution is 0.0357. The van der Waals surface area contributed by atoms with Crippen molar-refractivity contribution in [3.63, 3.8) is 0 Å². The minimum Gasteiger partial charge on any atom is -0.444 e. The Labute approximate surface area is 144 Å². The van der Waals surface area contributed by atoms with Crippen LogP contribution in [-0.4, -0.2) is 70.9 Å². The van der Waals surface area contributed by atoms with Gasteiger partial charge < -0.3 is 25.0 Å². The molecule has 2 fully saturated rings. The Morgan fingerprint density at radius 1 is 1.33 bits per heavy atom. The molecule has 0 unspecified atom stereocenters. The van der Waals surface area contributed by atoms with Gasteiger partial charge in [-0.15, -0.1) is 11.3 Å². The van der Waals surface area contributed by atoms with E-state index in [2.05, 4.69) is 10.3 Å². The van der Waals surface area contributed by atoms with Crippen molar-refractivity contribution in [1.82, 2.24) is 15.2 Å². The molecule has 2 aliphatic heterocycles. The van der Waals surface area contributed by atoms with Gasteiger partial charge in [0.25, 0.3) is 5.91 Å². The van der Waals surface area contributed by atoms with Crippen LogP contribution in [0.25, 0.3) is 0 Å². The Balaban J connectivity index is 1.46. The number of carbonyl (C=O) groups is 2. The van der Waals surface area contributed by atoms with Gasteiger partial charge in [-0.05, 0) is 20.8 Å². The number of carbonyl (C=O) groups excluding carboxylic acids is 2. The molecule has 0 radical (unpaired) electrons. The average Bonchev–Trinajstić information content (AvgIpc) is 2.85. The number of aliphatic hydroxyl groups excluding tert-OH is 1. The number of likely N-dealkylation sites (tertiary alicyclic amines) is 1. The summed E-state index contributed by atoms with van der Waals surface area (Å²) >= 11 is 1.40. The zero-order valence-corrected chi connectivity index (χ0v) is 14.8. The van der Waals surface area contributed by atoms with Gasteiger partial charge in [0.2, 0.25) is 0 Å². The van der Waals surface area contributed by atoms with Crippen LogP contribution in [-0.2, 0) is 4.74 Å². The second kappa shape index (κ2) is 6.21. The Morgan fingerprint density at radius 3 is 2.58 bits per heavy atom. The lowest BCUT2D eigenvalue weighted by Gasteiger charge is -2.39. The molecule has 0 saturated carbocycles. The molecule has 0 bridgehead atoms. The van der Waals surface area contributed by atoms with Gasteiger partial charge in [0.05, 0.1) is 12.1 Å². The van der Waals surface area contributed by atoms with E-state index in [0.717, 1.165) is 5.13 Å². The van der Waals surface area contributed by atoms with E-state index in [1.165, 1.54) is 11.3 Å². The summed E-state index contributed by atoms with van der Waals surface area (Å²) < 4.78 is 5.19. The Hall–Kier alpha value is -1.87. The number of thiazole rings is 1. The number of β-amino-alcohol motifs (C(OH)–C–C–N with tert-alkyl or cyclic N) is 1. The number of anilines is 1. The molecule has 0 aliphatic carbocycles. The summed E-state index contributed by atoms with van der Waals surface area (Å²) in [6, 6.07) is -0.0903. The molecule has 2 N–H and O–H groups in total. The number of amides is 2. The normalized spacial score (nSPS) is 18.8. The molecule has 3 rings (SSSR count). The molecule has 2 saturated heterocycles. The highest BCUT2D eigenvalue weighted by molar-refractivity contribution is 7.14. The second-order valence-electron chi connectivity index (χ2n) is 7.13. The second-order valence-corrected chi connectivity index (χ2v) is 7.96. The minimum atomic E-state index is -0.537. The molecule has 9 heteroatoms. The van der Waals surface area contributed by atoms with Crippen LogP contribution in [0.3, 0.4) is 0 Å². The van der Waals surface area contributed by atoms with E-state index in [-0.39, 0.29) is 18.1 Å². The molecule has 2 amide bonds. The molecule has 1 aromatic rings. The van der Waals surface area contributed by atoms with E-state index in [9.17, 15) is 14.7 Å². The predicted molar refractivity (Wildman–Crippen MR) is 89.4 cm³/mol. The number of alkyl carbamates (subject to hydrolysis) is 1. The monoisotopic (exact) mass is 354 g/mol. The third-order valence-corrected chi connectivity index (χ3v) is 4.64. The Kier molecular flexibility index (Phi) is 4.39. The number of aromatic nitrogens is 1. The summed E-state index contributed by atoms with van der Waals surface area (Å²) in [7, 11) is 0. The number of hydrogen-bond acceptors (Lipinski definition) is 7. The summed E-state index contributed by atoms with van der Waals surface area (Å²) in [6.45, 7) is 7.45. The van der Waals surface area contributed by atoms with Crippen LogP contribution in [0.4, 0.5) is 9.93 Å². The summed E-state index contributed by atoms with van der Waals surface area (Å²) in [5.74, 6) is -0.138. The largest absolute Gasteiger partial charge is 0.444 e.